The quantitative estimate of drug-likeness (QED) is 0.442. The Labute approximate surface area is 190 Å². The highest BCUT2D eigenvalue weighted by molar-refractivity contribution is 7.91. The first kappa shape index (κ1) is 24.1. The molecule has 1 aliphatic rings. The maximum Gasteiger partial charge on any atom is 0.338 e. The highest BCUT2D eigenvalue weighted by atomic mass is 32.2. The molecule has 0 aromatic heterocycles. The van der Waals surface area contributed by atoms with Gasteiger partial charge in [-0.3, -0.25) is 0 Å². The van der Waals surface area contributed by atoms with Gasteiger partial charge in [0.15, 0.2) is 21.3 Å². The largest absolute Gasteiger partial charge is 0.493 e. The Balaban J connectivity index is 2.12. The van der Waals surface area contributed by atoms with Crippen molar-refractivity contribution in [1.82, 2.24) is 10.6 Å². The summed E-state index contributed by atoms with van der Waals surface area (Å²) in [7, 11) is -1.13. The van der Waals surface area contributed by atoms with Gasteiger partial charge in [-0.15, -0.1) is 0 Å². The molecule has 3 rings (SSSR count). The molecular weight excluding hydrogens is 455 g/mol. The molecule has 0 bridgehead atoms. The predicted molar refractivity (Wildman–Crippen MR) is 116 cm³/mol. The third-order valence-corrected chi connectivity index (χ3v) is 6.56. The Bertz CT molecular complexity index is 1190. The van der Waals surface area contributed by atoms with E-state index in [0.717, 1.165) is 24.3 Å². The smallest absolute Gasteiger partial charge is 0.338 e. The SMILES string of the molecule is CCOC(=O)C1=C(CS(=O)(=O)c2ccc(F)cc2)NC(=O)N[C@@H]1c1ccc(OC)c(OC)c1. The summed E-state index contributed by atoms with van der Waals surface area (Å²) >= 11 is 0. The van der Waals surface area contributed by atoms with E-state index in [2.05, 4.69) is 10.6 Å². The number of methoxy groups -OCH3 is 2. The molecular formula is C22H23FN2O7S. The lowest BCUT2D eigenvalue weighted by atomic mass is 9.95. The summed E-state index contributed by atoms with van der Waals surface area (Å²) in [5.41, 5.74) is 0.234. The average molecular weight is 478 g/mol. The average Bonchev–Trinajstić information content (AvgIpc) is 2.78. The van der Waals surface area contributed by atoms with Gasteiger partial charge in [-0.25, -0.2) is 22.4 Å². The van der Waals surface area contributed by atoms with E-state index >= 15 is 0 Å². The number of sulfone groups is 1. The first-order chi connectivity index (χ1) is 15.7. The molecule has 0 aliphatic carbocycles. The monoisotopic (exact) mass is 478 g/mol. The van der Waals surface area contributed by atoms with Gasteiger partial charge >= 0.3 is 12.0 Å². The van der Waals surface area contributed by atoms with E-state index < -0.39 is 39.4 Å². The third kappa shape index (κ3) is 5.25. The molecule has 2 N–H and O–H groups in total. The van der Waals surface area contributed by atoms with Crippen LogP contribution in [0.4, 0.5) is 9.18 Å². The number of ether oxygens (including phenoxy) is 3. The van der Waals surface area contributed by atoms with Crippen LogP contribution in [0.5, 0.6) is 11.5 Å². The van der Waals surface area contributed by atoms with E-state index in [1.165, 1.54) is 14.2 Å². The molecule has 0 saturated carbocycles. The van der Waals surface area contributed by atoms with Crippen molar-refractivity contribution in [2.75, 3.05) is 26.6 Å². The highest BCUT2D eigenvalue weighted by Gasteiger charge is 2.36. The topological polar surface area (TPSA) is 120 Å². The zero-order valence-electron chi connectivity index (χ0n) is 18.2. The fraction of sp³-hybridized carbons (Fsp3) is 0.273. The van der Waals surface area contributed by atoms with Crippen LogP contribution in [0, 0.1) is 5.82 Å². The summed E-state index contributed by atoms with van der Waals surface area (Å²) in [6.45, 7) is 1.64. The molecule has 33 heavy (non-hydrogen) atoms. The van der Waals surface area contributed by atoms with Crippen LogP contribution in [0.1, 0.15) is 18.5 Å². The number of esters is 1. The molecule has 0 spiro atoms. The molecule has 0 radical (unpaired) electrons. The van der Waals surface area contributed by atoms with Crippen molar-refractivity contribution >= 4 is 21.8 Å². The van der Waals surface area contributed by atoms with Crippen molar-refractivity contribution < 1.29 is 36.6 Å². The van der Waals surface area contributed by atoms with Crippen LogP contribution in [0.25, 0.3) is 0 Å². The molecule has 1 atom stereocenters. The summed E-state index contributed by atoms with van der Waals surface area (Å²) in [5, 5.41) is 5.04. The van der Waals surface area contributed by atoms with E-state index in [0.29, 0.717) is 17.1 Å². The maximum atomic E-state index is 13.2. The lowest BCUT2D eigenvalue weighted by Crippen LogP contribution is -2.47. The van der Waals surface area contributed by atoms with Gasteiger partial charge in [-0.2, -0.15) is 0 Å². The third-order valence-electron chi connectivity index (χ3n) is 4.90. The number of nitrogens with one attached hydrogen (secondary N) is 2. The van der Waals surface area contributed by atoms with Gasteiger partial charge in [0.2, 0.25) is 0 Å². The van der Waals surface area contributed by atoms with Crippen molar-refractivity contribution in [1.29, 1.82) is 0 Å². The fourth-order valence-electron chi connectivity index (χ4n) is 3.38. The second-order valence-electron chi connectivity index (χ2n) is 6.97. The van der Waals surface area contributed by atoms with Crippen molar-refractivity contribution in [2.45, 2.75) is 17.9 Å². The zero-order valence-corrected chi connectivity index (χ0v) is 19.0. The molecule has 11 heteroatoms. The number of amides is 2. The maximum absolute atomic E-state index is 13.2. The molecule has 0 fully saturated rings. The van der Waals surface area contributed by atoms with Gasteiger partial charge in [-0.1, -0.05) is 6.07 Å². The van der Waals surface area contributed by atoms with Crippen LogP contribution in [0.15, 0.2) is 58.6 Å². The lowest BCUT2D eigenvalue weighted by molar-refractivity contribution is -0.139. The van der Waals surface area contributed by atoms with Crippen LogP contribution in [0.3, 0.4) is 0 Å². The molecule has 1 heterocycles. The van der Waals surface area contributed by atoms with Crippen molar-refractivity contribution in [2.24, 2.45) is 0 Å². The Morgan fingerprint density at radius 3 is 2.33 bits per heavy atom. The van der Waals surface area contributed by atoms with Crippen molar-refractivity contribution in [3.8, 4) is 11.5 Å². The normalized spacial score (nSPS) is 16.0. The van der Waals surface area contributed by atoms with Gasteiger partial charge in [0, 0.05) is 5.70 Å². The van der Waals surface area contributed by atoms with E-state index in [-0.39, 0.29) is 22.8 Å². The molecule has 0 unspecified atom stereocenters. The number of hydrogen-bond donors (Lipinski definition) is 2. The van der Waals surface area contributed by atoms with Gasteiger partial charge in [-0.05, 0) is 48.9 Å². The zero-order chi connectivity index (χ0) is 24.2. The van der Waals surface area contributed by atoms with E-state index in [9.17, 15) is 22.4 Å². The van der Waals surface area contributed by atoms with E-state index in [1.54, 1.807) is 25.1 Å². The summed E-state index contributed by atoms with van der Waals surface area (Å²) in [6, 6.07) is 7.32. The molecule has 9 nitrogen and oxygen atoms in total. The number of halogens is 1. The van der Waals surface area contributed by atoms with Gasteiger partial charge in [0.1, 0.15) is 5.82 Å². The molecule has 2 amide bonds. The number of urea groups is 1. The predicted octanol–water partition coefficient (Wildman–Crippen LogP) is 2.49. The van der Waals surface area contributed by atoms with E-state index in [4.69, 9.17) is 14.2 Å². The first-order valence-corrected chi connectivity index (χ1v) is 11.5. The number of hydrogen-bond acceptors (Lipinski definition) is 7. The number of carbonyl (C=O) groups is 2. The summed E-state index contributed by atoms with van der Waals surface area (Å²) < 4.78 is 54.8. The molecule has 2 aromatic rings. The second kappa shape index (κ2) is 9.90. The first-order valence-electron chi connectivity index (χ1n) is 9.88. The highest BCUT2D eigenvalue weighted by Crippen LogP contribution is 2.35. The Morgan fingerprint density at radius 1 is 1.06 bits per heavy atom. The molecule has 0 saturated heterocycles. The Morgan fingerprint density at radius 2 is 1.73 bits per heavy atom. The minimum atomic E-state index is -4.03. The lowest BCUT2D eigenvalue weighted by Gasteiger charge is -2.29. The summed E-state index contributed by atoms with van der Waals surface area (Å²) in [4.78, 5) is 25.1. The Kier molecular flexibility index (Phi) is 7.22. The molecule has 1 aliphatic heterocycles. The van der Waals surface area contributed by atoms with Gasteiger partial charge in [0.05, 0.1) is 43.1 Å². The summed E-state index contributed by atoms with van der Waals surface area (Å²) in [5.74, 6) is -1.31. The molecule has 2 aromatic carbocycles. The van der Waals surface area contributed by atoms with Crippen LogP contribution in [-0.2, 0) is 19.4 Å². The van der Waals surface area contributed by atoms with Crippen molar-refractivity contribution in [3.63, 3.8) is 0 Å². The summed E-state index contributed by atoms with van der Waals surface area (Å²) in [6.07, 6.45) is 0. The van der Waals surface area contributed by atoms with Crippen molar-refractivity contribution in [3.05, 3.63) is 65.1 Å². The minimum absolute atomic E-state index is 0.0346. The van der Waals surface area contributed by atoms with Crippen LogP contribution >= 0.6 is 0 Å². The number of benzene rings is 2. The van der Waals surface area contributed by atoms with Crippen LogP contribution < -0.4 is 20.1 Å². The fourth-order valence-corrected chi connectivity index (χ4v) is 4.70. The standard InChI is InChI=1S/C22H23FN2O7S/c1-4-32-21(26)19-16(12-33(28,29)15-8-6-14(23)7-9-15)24-22(27)25-20(19)13-5-10-17(30-2)18(11-13)31-3/h5-11,20H,4,12H2,1-3H3,(H2,24,25,27)/t20-/m1/s1. The number of carbonyl (C=O) groups excluding carboxylic acids is 2. The number of rotatable bonds is 8. The molecule has 176 valence electrons. The van der Waals surface area contributed by atoms with Gasteiger partial charge < -0.3 is 24.8 Å². The second-order valence-corrected chi connectivity index (χ2v) is 8.96. The minimum Gasteiger partial charge on any atom is -0.493 e. The Hall–Kier alpha value is -3.60. The van der Waals surface area contributed by atoms with Crippen LogP contribution in [-0.4, -0.2) is 47.0 Å². The van der Waals surface area contributed by atoms with E-state index in [1.807, 2.05) is 0 Å². The van der Waals surface area contributed by atoms with Crippen LogP contribution in [0.2, 0.25) is 0 Å². The van der Waals surface area contributed by atoms with Gasteiger partial charge in [0.25, 0.3) is 0 Å².